The summed E-state index contributed by atoms with van der Waals surface area (Å²) in [6.07, 6.45) is 6.71. The molecule has 0 spiro atoms. The van der Waals surface area contributed by atoms with Crippen LogP contribution in [0.25, 0.3) is 0 Å². The van der Waals surface area contributed by atoms with Crippen molar-refractivity contribution in [3.8, 4) is 0 Å². The first kappa shape index (κ1) is 19.3. The largest absolute Gasteiger partial charge is 0.352 e. The molecule has 1 unspecified atom stereocenters. The summed E-state index contributed by atoms with van der Waals surface area (Å²) < 4.78 is 27.5. The summed E-state index contributed by atoms with van der Waals surface area (Å²) in [5.74, 6) is 0.453. The van der Waals surface area contributed by atoms with Crippen molar-refractivity contribution in [2.45, 2.75) is 57.9 Å². The Kier molecular flexibility index (Phi) is 5.15. The van der Waals surface area contributed by atoms with Crippen LogP contribution >= 0.6 is 0 Å². The number of benzene rings is 1. The van der Waals surface area contributed by atoms with E-state index in [-0.39, 0.29) is 35.8 Å². The van der Waals surface area contributed by atoms with E-state index in [1.807, 2.05) is 0 Å². The fourth-order valence-corrected chi connectivity index (χ4v) is 6.15. The molecule has 4 fully saturated rings. The van der Waals surface area contributed by atoms with Crippen molar-refractivity contribution < 1.29 is 18.4 Å². The molecule has 152 valence electrons. The Morgan fingerprint density at radius 1 is 1.07 bits per heavy atom. The Hall–Kier alpha value is -1.98. The monoisotopic (exact) mass is 390 g/mol. The molecule has 0 aliphatic heterocycles. The van der Waals surface area contributed by atoms with Crippen molar-refractivity contribution in [2.24, 2.45) is 23.2 Å². The Labute approximate surface area is 164 Å². The number of carbonyl (C=O) groups is 2. The summed E-state index contributed by atoms with van der Waals surface area (Å²) in [6.45, 7) is 1.61. The van der Waals surface area contributed by atoms with Crippen molar-refractivity contribution in [1.29, 1.82) is 0 Å². The molecule has 4 saturated carbocycles. The maximum absolute atomic E-state index is 13.8. The van der Waals surface area contributed by atoms with E-state index in [2.05, 4.69) is 10.6 Å². The van der Waals surface area contributed by atoms with Gasteiger partial charge in [0, 0.05) is 17.0 Å². The molecule has 4 bridgehead atoms. The number of hydrogen-bond donors (Lipinski definition) is 2. The third kappa shape index (κ3) is 3.78. The highest BCUT2D eigenvalue weighted by Gasteiger charge is 2.54. The lowest BCUT2D eigenvalue weighted by atomic mass is 9.49. The van der Waals surface area contributed by atoms with E-state index in [1.54, 1.807) is 6.92 Å². The van der Waals surface area contributed by atoms with Crippen LogP contribution in [0.4, 0.5) is 8.78 Å². The molecule has 0 saturated heterocycles. The van der Waals surface area contributed by atoms with Crippen LogP contribution in [-0.2, 0) is 16.0 Å². The third-order valence-electron chi connectivity index (χ3n) is 6.91. The molecule has 5 rings (SSSR count). The van der Waals surface area contributed by atoms with Gasteiger partial charge in [-0.05, 0) is 81.8 Å². The van der Waals surface area contributed by atoms with Crippen molar-refractivity contribution >= 4 is 11.8 Å². The van der Waals surface area contributed by atoms with E-state index in [9.17, 15) is 18.4 Å². The molecular weight excluding hydrogens is 362 g/mol. The van der Waals surface area contributed by atoms with Crippen LogP contribution in [0.2, 0.25) is 0 Å². The molecule has 4 aliphatic rings. The summed E-state index contributed by atoms with van der Waals surface area (Å²) in [5, 5.41) is 5.56. The standard InChI is InChI=1S/C22H28F2N2O2/c1-13(5-17-18(23)3-2-4-19(17)24)26-20(27)12-25-21(28)22-9-14-6-15(10-22)8-16(7-14)11-22/h2-4,13-16H,5-12H2,1H3,(H,25,28)(H,26,27). The molecule has 2 N–H and O–H groups in total. The molecule has 4 nitrogen and oxygen atoms in total. The van der Waals surface area contributed by atoms with E-state index < -0.39 is 17.7 Å². The number of nitrogens with one attached hydrogen (secondary N) is 2. The maximum Gasteiger partial charge on any atom is 0.239 e. The maximum atomic E-state index is 13.8. The minimum absolute atomic E-state index is 0.00884. The normalized spacial score (nSPS) is 31.5. The van der Waals surface area contributed by atoms with Crippen LogP contribution in [0, 0.1) is 34.8 Å². The molecule has 0 radical (unpaired) electrons. The number of amides is 2. The lowest BCUT2D eigenvalue weighted by Crippen LogP contribution is -2.54. The zero-order chi connectivity index (χ0) is 19.9. The van der Waals surface area contributed by atoms with Gasteiger partial charge in [-0.15, -0.1) is 0 Å². The average Bonchev–Trinajstić information content (AvgIpc) is 2.61. The zero-order valence-corrected chi connectivity index (χ0v) is 16.3. The summed E-state index contributed by atoms with van der Waals surface area (Å²) >= 11 is 0. The molecule has 6 heteroatoms. The Balaban J connectivity index is 1.28. The average molecular weight is 390 g/mol. The van der Waals surface area contributed by atoms with Gasteiger partial charge in [0.1, 0.15) is 11.6 Å². The molecule has 1 atom stereocenters. The number of hydrogen-bond acceptors (Lipinski definition) is 2. The van der Waals surface area contributed by atoms with E-state index >= 15 is 0 Å². The summed E-state index contributed by atoms with van der Waals surface area (Å²) in [6, 6.07) is 3.30. The molecule has 0 aromatic heterocycles. The fourth-order valence-electron chi connectivity index (χ4n) is 6.15. The molecule has 1 aromatic rings. The Morgan fingerprint density at radius 2 is 1.61 bits per heavy atom. The number of carbonyl (C=O) groups excluding carboxylic acids is 2. The van der Waals surface area contributed by atoms with Gasteiger partial charge in [-0.2, -0.15) is 0 Å². The summed E-state index contributed by atoms with van der Waals surface area (Å²) in [4.78, 5) is 25.1. The van der Waals surface area contributed by atoms with Crippen LogP contribution in [0.5, 0.6) is 0 Å². The molecule has 2 amide bonds. The van der Waals surface area contributed by atoms with Crippen LogP contribution in [0.15, 0.2) is 18.2 Å². The van der Waals surface area contributed by atoms with Crippen LogP contribution in [0.1, 0.15) is 51.0 Å². The Morgan fingerprint density at radius 3 is 2.14 bits per heavy atom. The second kappa shape index (κ2) is 7.45. The lowest BCUT2D eigenvalue weighted by Gasteiger charge is -2.55. The SMILES string of the molecule is CC(Cc1c(F)cccc1F)NC(=O)CNC(=O)C12CC3CC(CC(C3)C1)C2. The fraction of sp³-hybridized carbons (Fsp3) is 0.636. The van der Waals surface area contributed by atoms with Gasteiger partial charge in [0.15, 0.2) is 0 Å². The van der Waals surface area contributed by atoms with Crippen molar-refractivity contribution in [2.75, 3.05) is 6.54 Å². The quantitative estimate of drug-likeness (QED) is 0.783. The highest BCUT2D eigenvalue weighted by molar-refractivity contribution is 5.88. The van der Waals surface area contributed by atoms with Gasteiger partial charge in [0.25, 0.3) is 0 Å². The second-order valence-corrected chi connectivity index (χ2v) is 9.25. The molecule has 28 heavy (non-hydrogen) atoms. The molecular formula is C22H28F2N2O2. The number of rotatable bonds is 6. The van der Waals surface area contributed by atoms with Gasteiger partial charge in [-0.1, -0.05) is 6.07 Å². The highest BCUT2D eigenvalue weighted by atomic mass is 19.1. The van der Waals surface area contributed by atoms with Gasteiger partial charge < -0.3 is 10.6 Å². The van der Waals surface area contributed by atoms with Gasteiger partial charge in [0.2, 0.25) is 11.8 Å². The van der Waals surface area contributed by atoms with Gasteiger partial charge in [0.05, 0.1) is 6.54 Å². The van der Waals surface area contributed by atoms with Gasteiger partial charge in [-0.3, -0.25) is 9.59 Å². The van der Waals surface area contributed by atoms with E-state index in [0.717, 1.165) is 19.3 Å². The molecule has 4 aliphatic carbocycles. The van der Waals surface area contributed by atoms with E-state index in [1.165, 1.54) is 37.5 Å². The summed E-state index contributed by atoms with van der Waals surface area (Å²) in [5.41, 5.74) is -0.315. The smallest absolute Gasteiger partial charge is 0.239 e. The van der Waals surface area contributed by atoms with Crippen LogP contribution in [0.3, 0.4) is 0 Å². The van der Waals surface area contributed by atoms with Gasteiger partial charge >= 0.3 is 0 Å². The molecule has 1 aromatic carbocycles. The van der Waals surface area contributed by atoms with Crippen molar-refractivity contribution in [3.05, 3.63) is 35.4 Å². The highest BCUT2D eigenvalue weighted by Crippen LogP contribution is 2.60. The van der Waals surface area contributed by atoms with Crippen molar-refractivity contribution in [1.82, 2.24) is 10.6 Å². The zero-order valence-electron chi connectivity index (χ0n) is 16.3. The first-order valence-corrected chi connectivity index (χ1v) is 10.4. The first-order valence-electron chi connectivity index (χ1n) is 10.4. The first-order chi connectivity index (χ1) is 13.3. The molecule has 0 heterocycles. The lowest BCUT2D eigenvalue weighted by molar-refractivity contribution is -0.147. The van der Waals surface area contributed by atoms with Crippen LogP contribution in [-0.4, -0.2) is 24.4 Å². The van der Waals surface area contributed by atoms with Crippen molar-refractivity contribution in [3.63, 3.8) is 0 Å². The number of halogens is 2. The third-order valence-corrected chi connectivity index (χ3v) is 6.91. The van der Waals surface area contributed by atoms with E-state index in [0.29, 0.717) is 17.8 Å². The topological polar surface area (TPSA) is 58.2 Å². The second-order valence-electron chi connectivity index (χ2n) is 9.25. The Bertz CT molecular complexity index is 724. The minimum Gasteiger partial charge on any atom is -0.352 e. The minimum atomic E-state index is -0.615. The van der Waals surface area contributed by atoms with Crippen LogP contribution < -0.4 is 10.6 Å². The predicted molar refractivity (Wildman–Crippen MR) is 101 cm³/mol. The summed E-state index contributed by atoms with van der Waals surface area (Å²) in [7, 11) is 0. The predicted octanol–water partition coefficient (Wildman–Crippen LogP) is 3.34. The van der Waals surface area contributed by atoms with E-state index in [4.69, 9.17) is 0 Å². The van der Waals surface area contributed by atoms with Gasteiger partial charge in [-0.25, -0.2) is 8.78 Å².